The maximum atomic E-state index is 12.6. The van der Waals surface area contributed by atoms with E-state index in [4.69, 9.17) is 0 Å². The number of carbonyl (C=O) groups excluding carboxylic acids is 1. The number of carbonyl (C=O) groups is 1. The average Bonchev–Trinajstić information content (AvgIpc) is 3.09. The maximum absolute atomic E-state index is 12.6. The van der Waals surface area contributed by atoms with Gasteiger partial charge in [-0.05, 0) is 61.2 Å². The van der Waals surface area contributed by atoms with E-state index in [0.29, 0.717) is 11.9 Å². The summed E-state index contributed by atoms with van der Waals surface area (Å²) in [6, 6.07) is 2.52. The molecule has 1 N–H and O–H groups in total. The summed E-state index contributed by atoms with van der Waals surface area (Å²) in [6.45, 7) is 2.93. The summed E-state index contributed by atoms with van der Waals surface area (Å²) in [6.07, 6.45) is 4.29. The van der Waals surface area contributed by atoms with Crippen molar-refractivity contribution in [2.24, 2.45) is 5.92 Å². The molecule has 2 aliphatic rings. The van der Waals surface area contributed by atoms with Crippen molar-refractivity contribution < 1.29 is 4.79 Å². The van der Waals surface area contributed by atoms with Crippen LogP contribution in [0.2, 0.25) is 0 Å². The molecule has 0 bridgehead atoms. The fourth-order valence-electron chi connectivity index (χ4n) is 3.15. The molecule has 3 heterocycles. The number of piperidine rings is 1. The number of nitrogens with one attached hydrogen (secondary N) is 1. The van der Waals surface area contributed by atoms with Crippen LogP contribution in [0, 0.1) is 5.92 Å². The number of likely N-dealkylation sites (tertiary alicyclic amines) is 1. The summed E-state index contributed by atoms with van der Waals surface area (Å²) in [5.74, 6) is 0.649. The van der Waals surface area contributed by atoms with Crippen LogP contribution in [-0.2, 0) is 4.79 Å². The van der Waals surface area contributed by atoms with Gasteiger partial charge in [-0.1, -0.05) is 0 Å². The van der Waals surface area contributed by atoms with Crippen molar-refractivity contribution in [2.45, 2.75) is 31.7 Å². The summed E-state index contributed by atoms with van der Waals surface area (Å²) in [4.78, 5) is 14.7. The summed E-state index contributed by atoms with van der Waals surface area (Å²) in [7, 11) is 0. The SMILES string of the molecule is O=C(C1CCNCC1)N1CCCC1c1ccsc1. The topological polar surface area (TPSA) is 32.3 Å². The number of hydrogen-bond donors (Lipinski definition) is 1. The Balaban J connectivity index is 1.72. The lowest BCUT2D eigenvalue weighted by molar-refractivity contribution is -0.137. The maximum Gasteiger partial charge on any atom is 0.226 e. The van der Waals surface area contributed by atoms with Crippen molar-refractivity contribution in [3.63, 3.8) is 0 Å². The lowest BCUT2D eigenvalue weighted by Crippen LogP contribution is -2.40. The lowest BCUT2D eigenvalue weighted by Gasteiger charge is -2.30. The first kappa shape index (κ1) is 12.2. The fraction of sp³-hybridized carbons (Fsp3) is 0.643. The Hall–Kier alpha value is -0.870. The third-order valence-electron chi connectivity index (χ3n) is 4.15. The zero-order valence-electron chi connectivity index (χ0n) is 10.6. The molecule has 1 aromatic heterocycles. The van der Waals surface area contributed by atoms with Crippen LogP contribution in [-0.4, -0.2) is 30.4 Å². The standard InChI is InChI=1S/C14H20N2OS/c17-14(11-3-6-15-7-4-11)16-8-1-2-13(16)12-5-9-18-10-12/h5,9-11,13,15H,1-4,6-8H2. The fourth-order valence-corrected chi connectivity index (χ4v) is 3.85. The molecule has 3 nitrogen and oxygen atoms in total. The zero-order chi connectivity index (χ0) is 12.4. The first-order valence-electron chi connectivity index (χ1n) is 6.89. The Morgan fingerprint density at radius 1 is 1.33 bits per heavy atom. The Labute approximate surface area is 112 Å². The molecule has 4 heteroatoms. The number of nitrogens with zero attached hydrogens (tertiary/aromatic N) is 1. The van der Waals surface area contributed by atoms with Gasteiger partial charge in [-0.2, -0.15) is 11.3 Å². The first-order chi connectivity index (χ1) is 8.86. The van der Waals surface area contributed by atoms with Crippen molar-refractivity contribution in [1.82, 2.24) is 10.2 Å². The molecule has 2 fully saturated rings. The van der Waals surface area contributed by atoms with Gasteiger partial charge in [0.2, 0.25) is 5.91 Å². The van der Waals surface area contributed by atoms with Crippen LogP contribution in [0.4, 0.5) is 0 Å². The molecule has 98 valence electrons. The minimum Gasteiger partial charge on any atom is -0.335 e. The van der Waals surface area contributed by atoms with Gasteiger partial charge >= 0.3 is 0 Å². The highest BCUT2D eigenvalue weighted by Gasteiger charge is 2.34. The smallest absolute Gasteiger partial charge is 0.226 e. The number of hydrogen-bond acceptors (Lipinski definition) is 3. The molecule has 2 aliphatic heterocycles. The van der Waals surface area contributed by atoms with E-state index in [2.05, 4.69) is 27.0 Å². The number of amides is 1. The largest absolute Gasteiger partial charge is 0.335 e. The van der Waals surface area contributed by atoms with Gasteiger partial charge in [-0.25, -0.2) is 0 Å². The van der Waals surface area contributed by atoms with E-state index >= 15 is 0 Å². The molecular formula is C14H20N2OS. The van der Waals surface area contributed by atoms with Gasteiger partial charge in [0.1, 0.15) is 0 Å². The number of thiophene rings is 1. The van der Waals surface area contributed by atoms with Crippen LogP contribution >= 0.6 is 11.3 Å². The highest BCUT2D eigenvalue weighted by molar-refractivity contribution is 7.07. The molecule has 2 saturated heterocycles. The normalized spacial score (nSPS) is 25.6. The Morgan fingerprint density at radius 2 is 2.17 bits per heavy atom. The molecule has 0 radical (unpaired) electrons. The highest BCUT2D eigenvalue weighted by Crippen LogP contribution is 2.35. The van der Waals surface area contributed by atoms with E-state index in [1.165, 1.54) is 5.56 Å². The second-order valence-electron chi connectivity index (χ2n) is 5.27. The molecule has 1 amide bonds. The van der Waals surface area contributed by atoms with Crippen molar-refractivity contribution in [3.8, 4) is 0 Å². The van der Waals surface area contributed by atoms with Gasteiger partial charge in [0.15, 0.2) is 0 Å². The molecule has 18 heavy (non-hydrogen) atoms. The third kappa shape index (κ3) is 2.31. The van der Waals surface area contributed by atoms with Gasteiger partial charge in [0.25, 0.3) is 0 Å². The predicted octanol–water partition coefficient (Wildman–Crippen LogP) is 2.41. The van der Waals surface area contributed by atoms with E-state index in [1.54, 1.807) is 11.3 Å². The average molecular weight is 264 g/mol. The quantitative estimate of drug-likeness (QED) is 0.889. The van der Waals surface area contributed by atoms with Crippen molar-refractivity contribution in [1.29, 1.82) is 0 Å². The van der Waals surface area contributed by atoms with Gasteiger partial charge in [-0.15, -0.1) is 0 Å². The van der Waals surface area contributed by atoms with E-state index in [9.17, 15) is 4.79 Å². The number of rotatable bonds is 2. The molecule has 3 rings (SSSR count). The molecule has 0 saturated carbocycles. The first-order valence-corrected chi connectivity index (χ1v) is 7.84. The van der Waals surface area contributed by atoms with E-state index < -0.39 is 0 Å². The van der Waals surface area contributed by atoms with E-state index in [-0.39, 0.29) is 5.92 Å². The summed E-state index contributed by atoms with van der Waals surface area (Å²) in [5.41, 5.74) is 1.33. The van der Waals surface area contributed by atoms with E-state index in [1.807, 2.05) is 0 Å². The van der Waals surface area contributed by atoms with Crippen LogP contribution < -0.4 is 5.32 Å². The Kier molecular flexibility index (Phi) is 3.66. The van der Waals surface area contributed by atoms with Crippen LogP contribution in [0.5, 0.6) is 0 Å². The Bertz CT molecular complexity index is 398. The van der Waals surface area contributed by atoms with Crippen LogP contribution in [0.3, 0.4) is 0 Å². The third-order valence-corrected chi connectivity index (χ3v) is 4.85. The predicted molar refractivity (Wildman–Crippen MR) is 73.6 cm³/mol. The van der Waals surface area contributed by atoms with Gasteiger partial charge in [-0.3, -0.25) is 4.79 Å². The highest BCUT2D eigenvalue weighted by atomic mass is 32.1. The second kappa shape index (κ2) is 5.41. The van der Waals surface area contributed by atoms with Gasteiger partial charge < -0.3 is 10.2 Å². The van der Waals surface area contributed by atoms with Gasteiger partial charge in [0.05, 0.1) is 6.04 Å². The van der Waals surface area contributed by atoms with Crippen molar-refractivity contribution in [2.75, 3.05) is 19.6 Å². The Morgan fingerprint density at radius 3 is 2.89 bits per heavy atom. The molecule has 0 spiro atoms. The van der Waals surface area contributed by atoms with E-state index in [0.717, 1.165) is 45.3 Å². The lowest BCUT2D eigenvalue weighted by atomic mass is 9.96. The second-order valence-corrected chi connectivity index (χ2v) is 6.05. The minimum absolute atomic E-state index is 0.255. The molecule has 0 aliphatic carbocycles. The molecule has 1 atom stereocenters. The summed E-state index contributed by atoms with van der Waals surface area (Å²) < 4.78 is 0. The molecule has 0 aromatic carbocycles. The molecular weight excluding hydrogens is 244 g/mol. The van der Waals surface area contributed by atoms with Crippen LogP contribution in [0.15, 0.2) is 16.8 Å². The molecule has 1 unspecified atom stereocenters. The van der Waals surface area contributed by atoms with Crippen molar-refractivity contribution >= 4 is 17.2 Å². The zero-order valence-corrected chi connectivity index (χ0v) is 11.4. The minimum atomic E-state index is 0.255. The summed E-state index contributed by atoms with van der Waals surface area (Å²) >= 11 is 1.73. The monoisotopic (exact) mass is 264 g/mol. The van der Waals surface area contributed by atoms with Crippen molar-refractivity contribution in [3.05, 3.63) is 22.4 Å². The summed E-state index contributed by atoms with van der Waals surface area (Å²) in [5, 5.41) is 7.63. The molecule has 1 aromatic rings. The van der Waals surface area contributed by atoms with Gasteiger partial charge in [0, 0.05) is 12.5 Å². The van der Waals surface area contributed by atoms with Crippen LogP contribution in [0.1, 0.15) is 37.3 Å². The van der Waals surface area contributed by atoms with Crippen LogP contribution in [0.25, 0.3) is 0 Å².